The lowest BCUT2D eigenvalue weighted by molar-refractivity contribution is 0.102. The normalized spacial score (nSPS) is 21.9. The zero-order chi connectivity index (χ0) is 20.4. The van der Waals surface area contributed by atoms with Gasteiger partial charge in [-0.3, -0.25) is 9.79 Å². The number of sulfone groups is 1. The Kier molecular flexibility index (Phi) is 5.51. The fraction of sp³-hybridized carbons (Fsp3) is 0.300. The first kappa shape index (κ1) is 19.8. The Morgan fingerprint density at radius 2 is 1.79 bits per heavy atom. The largest absolute Gasteiger partial charge is 0.494 e. The number of aliphatic imine (C=N–C) groups is 1. The molecule has 2 aliphatic rings. The molecule has 0 aromatic heterocycles. The van der Waals surface area contributed by atoms with Gasteiger partial charge in [0.1, 0.15) is 5.75 Å². The van der Waals surface area contributed by atoms with Crippen molar-refractivity contribution in [2.75, 3.05) is 28.7 Å². The van der Waals surface area contributed by atoms with Crippen LogP contribution in [0.25, 0.3) is 0 Å². The summed E-state index contributed by atoms with van der Waals surface area (Å²) in [6.45, 7) is 2.51. The van der Waals surface area contributed by atoms with E-state index in [-0.39, 0.29) is 28.7 Å². The third-order valence-corrected chi connectivity index (χ3v) is 7.78. The number of amides is 1. The van der Waals surface area contributed by atoms with Gasteiger partial charge in [-0.15, -0.1) is 0 Å². The van der Waals surface area contributed by atoms with Gasteiger partial charge in [0.25, 0.3) is 5.91 Å². The molecule has 1 amide bonds. The number of thioether (sulfide) groups is 1. The molecule has 1 fully saturated rings. The first-order valence-corrected chi connectivity index (χ1v) is 12.0. The second-order valence-corrected chi connectivity index (χ2v) is 10.2. The lowest BCUT2D eigenvalue weighted by Crippen LogP contribution is -2.13. The Morgan fingerprint density at radius 3 is 2.45 bits per heavy atom. The first-order chi connectivity index (χ1) is 13.9. The van der Waals surface area contributed by atoms with Crippen molar-refractivity contribution in [3.63, 3.8) is 0 Å². The summed E-state index contributed by atoms with van der Waals surface area (Å²) in [6, 6.07) is 14.1. The van der Waals surface area contributed by atoms with Crippen molar-refractivity contribution in [2.45, 2.75) is 18.2 Å². The number of hydrogen-bond acceptors (Lipinski definition) is 7. The van der Waals surface area contributed by atoms with E-state index in [2.05, 4.69) is 15.6 Å². The Morgan fingerprint density at radius 1 is 1.10 bits per heavy atom. The van der Waals surface area contributed by atoms with Crippen molar-refractivity contribution in [3.05, 3.63) is 54.1 Å². The van der Waals surface area contributed by atoms with E-state index in [9.17, 15) is 13.2 Å². The van der Waals surface area contributed by atoms with Crippen LogP contribution in [0.2, 0.25) is 0 Å². The van der Waals surface area contributed by atoms with Crippen molar-refractivity contribution in [3.8, 4) is 5.75 Å². The van der Waals surface area contributed by atoms with Crippen LogP contribution < -0.4 is 15.4 Å². The average molecular weight is 432 g/mol. The molecule has 2 aromatic rings. The highest BCUT2D eigenvalue weighted by Crippen LogP contribution is 2.34. The fourth-order valence-corrected chi connectivity index (χ4v) is 6.92. The summed E-state index contributed by atoms with van der Waals surface area (Å²) in [5.74, 6) is 0.866. The Bertz CT molecular complexity index is 1030. The van der Waals surface area contributed by atoms with Crippen LogP contribution >= 0.6 is 11.8 Å². The predicted molar refractivity (Wildman–Crippen MR) is 117 cm³/mol. The van der Waals surface area contributed by atoms with Crippen LogP contribution in [0.15, 0.2) is 53.5 Å². The molecule has 0 unspecified atom stereocenters. The summed E-state index contributed by atoms with van der Waals surface area (Å²) >= 11 is 1.47. The van der Waals surface area contributed by atoms with Crippen molar-refractivity contribution in [2.24, 2.45) is 4.99 Å². The molecule has 2 aliphatic heterocycles. The second-order valence-electron chi connectivity index (χ2n) is 6.85. The van der Waals surface area contributed by atoms with Gasteiger partial charge in [-0.1, -0.05) is 11.8 Å². The van der Waals surface area contributed by atoms with Crippen LogP contribution in [0.5, 0.6) is 5.75 Å². The predicted octanol–water partition coefficient (Wildman–Crippen LogP) is 3.02. The molecule has 2 N–H and O–H groups in total. The van der Waals surface area contributed by atoms with Crippen LogP contribution in [-0.4, -0.2) is 48.9 Å². The molecule has 2 atom stereocenters. The summed E-state index contributed by atoms with van der Waals surface area (Å²) in [6.07, 6.45) is 0. The standard InChI is InChI=1S/C20H21N3O4S2/c1-2-27-16-9-7-14(8-10-16)21-19(24)13-3-5-15(6-4-13)22-20-23-17-11-29(25,26)12-18(17)28-20/h3-10,17-18H,2,11-12H2,1H3,(H,21,24)(H,22,23)/t17-,18-/m0/s1. The second kappa shape index (κ2) is 8.08. The molecule has 1 saturated heterocycles. The number of rotatable bonds is 5. The van der Waals surface area contributed by atoms with Crippen molar-refractivity contribution >= 4 is 44.0 Å². The molecule has 0 saturated carbocycles. The molecule has 7 nitrogen and oxygen atoms in total. The van der Waals surface area contributed by atoms with Crippen molar-refractivity contribution in [1.29, 1.82) is 0 Å². The Hall–Kier alpha value is -2.52. The van der Waals surface area contributed by atoms with Gasteiger partial charge in [-0.25, -0.2) is 8.42 Å². The maximum Gasteiger partial charge on any atom is 0.255 e. The van der Waals surface area contributed by atoms with E-state index >= 15 is 0 Å². The van der Waals surface area contributed by atoms with E-state index < -0.39 is 9.84 Å². The minimum absolute atomic E-state index is 0.00154. The monoisotopic (exact) mass is 431 g/mol. The lowest BCUT2D eigenvalue weighted by atomic mass is 10.2. The van der Waals surface area contributed by atoms with E-state index in [1.807, 2.05) is 19.1 Å². The summed E-state index contributed by atoms with van der Waals surface area (Å²) in [5, 5.41) is 6.78. The Balaban J connectivity index is 1.35. The number of fused-ring (bicyclic) bond motifs is 1. The maximum atomic E-state index is 12.4. The number of ether oxygens (including phenoxy) is 1. The van der Waals surface area contributed by atoms with Crippen LogP contribution in [-0.2, 0) is 9.84 Å². The third kappa shape index (κ3) is 4.73. The minimum Gasteiger partial charge on any atom is -0.494 e. The van der Waals surface area contributed by atoms with Crippen molar-refractivity contribution < 1.29 is 17.9 Å². The van der Waals surface area contributed by atoms with Crippen LogP contribution in [0.1, 0.15) is 17.3 Å². The number of amidine groups is 1. The number of carbonyl (C=O) groups excluding carboxylic acids is 1. The van der Waals surface area contributed by atoms with E-state index in [0.717, 1.165) is 16.6 Å². The van der Waals surface area contributed by atoms with Crippen LogP contribution in [0.3, 0.4) is 0 Å². The number of nitrogens with zero attached hydrogens (tertiary/aromatic N) is 1. The van der Waals surface area contributed by atoms with Gasteiger partial charge in [-0.05, 0) is 55.5 Å². The SMILES string of the molecule is CCOc1ccc(NC(=O)c2ccc(NC3=N[C@H]4CS(=O)(=O)C[C@@H]4S3)cc2)cc1. The van der Waals surface area contributed by atoms with Crippen LogP contribution in [0, 0.1) is 0 Å². The quantitative estimate of drug-likeness (QED) is 0.755. The highest BCUT2D eigenvalue weighted by atomic mass is 32.2. The van der Waals surface area contributed by atoms with E-state index in [0.29, 0.717) is 17.9 Å². The van der Waals surface area contributed by atoms with Gasteiger partial charge in [-0.2, -0.15) is 0 Å². The van der Waals surface area contributed by atoms with Crippen LogP contribution in [0.4, 0.5) is 11.4 Å². The van der Waals surface area contributed by atoms with Gasteiger partial charge >= 0.3 is 0 Å². The van der Waals surface area contributed by atoms with Gasteiger partial charge in [0.15, 0.2) is 15.0 Å². The van der Waals surface area contributed by atoms with Gasteiger partial charge in [0.05, 0.1) is 24.2 Å². The summed E-state index contributed by atoms with van der Waals surface area (Å²) in [7, 11) is -2.96. The summed E-state index contributed by atoms with van der Waals surface area (Å²) < 4.78 is 28.7. The number of nitrogens with one attached hydrogen (secondary N) is 2. The summed E-state index contributed by atoms with van der Waals surface area (Å²) in [5.41, 5.74) is 2.03. The zero-order valence-electron chi connectivity index (χ0n) is 15.8. The third-order valence-electron chi connectivity index (χ3n) is 4.64. The number of carbonyl (C=O) groups is 1. The highest BCUT2D eigenvalue weighted by Gasteiger charge is 2.42. The van der Waals surface area contributed by atoms with Gasteiger partial charge in [0.2, 0.25) is 0 Å². The van der Waals surface area contributed by atoms with Gasteiger partial charge < -0.3 is 15.4 Å². The molecule has 0 bridgehead atoms. The molecule has 152 valence electrons. The highest BCUT2D eigenvalue weighted by molar-refractivity contribution is 8.15. The topological polar surface area (TPSA) is 96.9 Å². The fourth-order valence-electron chi connectivity index (χ4n) is 3.25. The molecular weight excluding hydrogens is 410 g/mol. The average Bonchev–Trinajstić information content (AvgIpc) is 3.16. The molecule has 29 heavy (non-hydrogen) atoms. The first-order valence-electron chi connectivity index (χ1n) is 9.28. The Labute approximate surface area is 173 Å². The molecule has 0 aliphatic carbocycles. The molecule has 9 heteroatoms. The van der Waals surface area contributed by atoms with E-state index in [1.165, 1.54) is 11.8 Å². The molecule has 0 spiro atoms. The molecule has 0 radical (unpaired) electrons. The molecule has 2 aromatic carbocycles. The smallest absolute Gasteiger partial charge is 0.255 e. The molecular formula is C20H21N3O4S2. The van der Waals surface area contributed by atoms with E-state index in [1.54, 1.807) is 36.4 Å². The van der Waals surface area contributed by atoms with Gasteiger partial charge in [0, 0.05) is 22.2 Å². The molecule has 2 heterocycles. The minimum atomic E-state index is -2.96. The number of anilines is 2. The maximum absolute atomic E-state index is 12.4. The van der Waals surface area contributed by atoms with Crippen molar-refractivity contribution in [1.82, 2.24) is 0 Å². The number of hydrogen-bond donors (Lipinski definition) is 2. The number of benzene rings is 2. The zero-order valence-corrected chi connectivity index (χ0v) is 17.4. The lowest BCUT2D eigenvalue weighted by Gasteiger charge is -2.09. The molecule has 4 rings (SSSR count). The summed E-state index contributed by atoms with van der Waals surface area (Å²) in [4.78, 5) is 16.9. The van der Waals surface area contributed by atoms with E-state index in [4.69, 9.17) is 4.74 Å².